The number of piperidine rings is 1. The lowest BCUT2D eigenvalue weighted by atomic mass is 9.90. The zero-order valence-corrected chi connectivity index (χ0v) is 17.7. The van der Waals surface area contributed by atoms with Gasteiger partial charge < -0.3 is 10.2 Å². The molecule has 11 heteroatoms. The number of nitrogens with one attached hydrogen (secondary N) is 1. The first kappa shape index (κ1) is 24.3. The monoisotopic (exact) mass is 483 g/mol. The van der Waals surface area contributed by atoms with Gasteiger partial charge in [0.15, 0.2) is 0 Å². The van der Waals surface area contributed by atoms with Crippen molar-refractivity contribution in [2.75, 3.05) is 37.6 Å². The van der Waals surface area contributed by atoms with Crippen LogP contribution < -0.4 is 10.2 Å². The van der Waals surface area contributed by atoms with Gasteiger partial charge in [-0.1, -0.05) is 6.07 Å². The predicted octanol–water partition coefficient (Wildman–Crippen LogP) is 5.23. The fourth-order valence-electron chi connectivity index (χ4n) is 5.04. The van der Waals surface area contributed by atoms with Crippen LogP contribution in [0, 0.1) is 0 Å². The Morgan fingerprint density at radius 2 is 1.67 bits per heavy atom. The van der Waals surface area contributed by atoms with Gasteiger partial charge in [0.2, 0.25) is 0 Å². The average molecular weight is 483 g/mol. The first-order chi connectivity index (χ1) is 15.5. The Bertz CT molecular complexity index is 894. The summed E-state index contributed by atoms with van der Waals surface area (Å²) in [6, 6.07) is 2.58. The molecular formula is C22H25F8N3. The lowest BCUT2D eigenvalue weighted by Gasteiger charge is -2.34. The fourth-order valence-corrected chi connectivity index (χ4v) is 5.04. The molecule has 3 aliphatic heterocycles. The highest BCUT2D eigenvalue weighted by molar-refractivity contribution is 5.52. The van der Waals surface area contributed by atoms with Gasteiger partial charge in [-0.2, -0.15) is 13.2 Å². The van der Waals surface area contributed by atoms with Crippen LogP contribution in [-0.2, 0) is 6.54 Å². The Labute approximate surface area is 186 Å². The minimum atomic E-state index is -5.76. The Hall–Kier alpha value is -1.88. The van der Waals surface area contributed by atoms with E-state index in [-0.39, 0.29) is 37.3 Å². The highest BCUT2D eigenvalue weighted by atomic mass is 19.4. The van der Waals surface area contributed by atoms with Crippen LogP contribution in [0.2, 0.25) is 0 Å². The first-order valence-electron chi connectivity index (χ1n) is 10.9. The summed E-state index contributed by atoms with van der Waals surface area (Å²) in [6.45, 7) is 1.33. The van der Waals surface area contributed by atoms with Crippen molar-refractivity contribution in [3.05, 3.63) is 40.5 Å². The van der Waals surface area contributed by atoms with Crippen molar-refractivity contribution < 1.29 is 35.1 Å². The standard InChI is InChI=1S/C22H25F8N3/c23-19(24)16-8-15(33-6-2-1-3-7-33)5-4-13(16)10-32-11-14-9-31-18(17(14)12-32)21(27,20(25)26)22(28,29)30/h4-5,8,18-20,31H,1-3,6-7,9-12H2. The van der Waals surface area contributed by atoms with E-state index in [0.717, 1.165) is 32.4 Å². The van der Waals surface area contributed by atoms with E-state index in [4.69, 9.17) is 0 Å². The fraction of sp³-hybridized carbons (Fsp3) is 0.636. The smallest absolute Gasteiger partial charge is 0.372 e. The number of anilines is 1. The number of benzene rings is 1. The molecule has 1 aromatic carbocycles. The van der Waals surface area contributed by atoms with E-state index in [1.54, 1.807) is 17.0 Å². The van der Waals surface area contributed by atoms with Gasteiger partial charge in [0, 0.05) is 50.5 Å². The van der Waals surface area contributed by atoms with Crippen molar-refractivity contribution in [1.29, 1.82) is 0 Å². The SMILES string of the molecule is FC(F)c1cc(N2CCCCC2)ccc1CN1CC2=C(C1)C(C(F)(C(F)F)C(F)(F)F)NC2. The third-order valence-corrected chi connectivity index (χ3v) is 6.78. The minimum absolute atomic E-state index is 0.000342. The molecule has 1 fully saturated rings. The molecule has 0 aromatic heterocycles. The van der Waals surface area contributed by atoms with Gasteiger partial charge in [-0.25, -0.2) is 22.0 Å². The Morgan fingerprint density at radius 3 is 2.27 bits per heavy atom. The zero-order chi connectivity index (χ0) is 24.0. The van der Waals surface area contributed by atoms with Crippen LogP contribution >= 0.6 is 0 Å². The van der Waals surface area contributed by atoms with Gasteiger partial charge in [0.25, 0.3) is 18.5 Å². The van der Waals surface area contributed by atoms with Gasteiger partial charge in [0.1, 0.15) is 0 Å². The molecule has 2 atom stereocenters. The summed E-state index contributed by atoms with van der Waals surface area (Å²) in [5.41, 5.74) is -3.54. The number of nitrogens with zero attached hydrogens (tertiary/aromatic N) is 2. The van der Waals surface area contributed by atoms with Gasteiger partial charge in [-0.15, -0.1) is 0 Å². The Morgan fingerprint density at radius 1 is 0.970 bits per heavy atom. The van der Waals surface area contributed by atoms with Gasteiger partial charge in [-0.3, -0.25) is 4.90 Å². The number of rotatable bonds is 6. The molecule has 33 heavy (non-hydrogen) atoms. The van der Waals surface area contributed by atoms with E-state index >= 15 is 0 Å². The van der Waals surface area contributed by atoms with Crippen molar-refractivity contribution in [3.63, 3.8) is 0 Å². The molecule has 2 unspecified atom stereocenters. The maximum absolute atomic E-state index is 14.6. The lowest BCUT2D eigenvalue weighted by Crippen LogP contribution is -2.61. The third-order valence-electron chi connectivity index (χ3n) is 6.78. The Balaban J connectivity index is 1.51. The quantitative estimate of drug-likeness (QED) is 0.442. The molecule has 0 bridgehead atoms. The minimum Gasteiger partial charge on any atom is -0.372 e. The van der Waals surface area contributed by atoms with Gasteiger partial charge >= 0.3 is 6.18 Å². The molecule has 0 saturated carbocycles. The number of hydrogen-bond acceptors (Lipinski definition) is 3. The van der Waals surface area contributed by atoms with Crippen molar-refractivity contribution in [2.45, 2.75) is 56.5 Å². The molecule has 1 N–H and O–H groups in total. The van der Waals surface area contributed by atoms with E-state index in [1.165, 1.54) is 6.07 Å². The summed E-state index contributed by atoms with van der Waals surface area (Å²) in [5, 5.41) is 2.24. The molecular weight excluding hydrogens is 458 g/mol. The van der Waals surface area contributed by atoms with Crippen LogP contribution in [0.5, 0.6) is 0 Å². The lowest BCUT2D eigenvalue weighted by molar-refractivity contribution is -0.273. The summed E-state index contributed by atoms with van der Waals surface area (Å²) in [5.74, 6) is 0. The summed E-state index contributed by atoms with van der Waals surface area (Å²) in [4.78, 5) is 3.63. The summed E-state index contributed by atoms with van der Waals surface area (Å²) >= 11 is 0. The number of alkyl halides is 8. The van der Waals surface area contributed by atoms with E-state index in [1.807, 2.05) is 4.90 Å². The van der Waals surface area contributed by atoms with Crippen LogP contribution in [0.15, 0.2) is 29.3 Å². The highest BCUT2D eigenvalue weighted by Crippen LogP contribution is 2.46. The molecule has 4 rings (SSSR count). The molecule has 1 saturated heterocycles. The molecule has 0 aliphatic carbocycles. The summed E-state index contributed by atoms with van der Waals surface area (Å²) in [7, 11) is 0. The van der Waals surface area contributed by atoms with E-state index in [2.05, 4.69) is 5.32 Å². The maximum Gasteiger partial charge on any atom is 0.430 e. The van der Waals surface area contributed by atoms with E-state index < -0.39 is 30.7 Å². The van der Waals surface area contributed by atoms with Crippen molar-refractivity contribution in [3.8, 4) is 0 Å². The molecule has 3 nitrogen and oxygen atoms in total. The highest BCUT2D eigenvalue weighted by Gasteiger charge is 2.69. The molecule has 0 amide bonds. The second-order valence-corrected chi connectivity index (χ2v) is 8.89. The third kappa shape index (κ3) is 4.45. The normalized spacial score (nSPS) is 24.2. The second kappa shape index (κ2) is 9.05. The van der Waals surface area contributed by atoms with Gasteiger partial charge in [0.05, 0.1) is 6.04 Å². The second-order valence-electron chi connectivity index (χ2n) is 8.89. The van der Waals surface area contributed by atoms with Crippen LogP contribution in [0.1, 0.15) is 36.8 Å². The molecule has 3 aliphatic rings. The van der Waals surface area contributed by atoms with Crippen LogP contribution in [0.3, 0.4) is 0 Å². The Kier molecular flexibility index (Phi) is 6.65. The van der Waals surface area contributed by atoms with E-state index in [9.17, 15) is 35.1 Å². The molecule has 184 valence electrons. The summed E-state index contributed by atoms with van der Waals surface area (Å²) in [6.07, 6.45) is -9.70. The van der Waals surface area contributed by atoms with Crippen molar-refractivity contribution in [2.24, 2.45) is 0 Å². The zero-order valence-electron chi connectivity index (χ0n) is 17.7. The summed E-state index contributed by atoms with van der Waals surface area (Å²) < 4.78 is 108. The van der Waals surface area contributed by atoms with Crippen LogP contribution in [0.25, 0.3) is 0 Å². The maximum atomic E-state index is 14.6. The predicted molar refractivity (Wildman–Crippen MR) is 107 cm³/mol. The van der Waals surface area contributed by atoms with Gasteiger partial charge in [-0.05, 0) is 48.1 Å². The van der Waals surface area contributed by atoms with Crippen molar-refractivity contribution in [1.82, 2.24) is 10.2 Å². The number of halogens is 8. The first-order valence-corrected chi connectivity index (χ1v) is 10.9. The molecule has 1 aromatic rings. The van der Waals surface area contributed by atoms with Crippen LogP contribution in [0.4, 0.5) is 40.8 Å². The molecule has 0 spiro atoms. The van der Waals surface area contributed by atoms with E-state index in [0.29, 0.717) is 16.8 Å². The molecule has 3 heterocycles. The number of hydrogen-bond donors (Lipinski definition) is 1. The topological polar surface area (TPSA) is 18.5 Å². The average Bonchev–Trinajstić information content (AvgIpc) is 3.33. The van der Waals surface area contributed by atoms with Crippen molar-refractivity contribution >= 4 is 5.69 Å². The largest absolute Gasteiger partial charge is 0.430 e. The molecule has 0 radical (unpaired) electrons. The van der Waals surface area contributed by atoms with Crippen LogP contribution in [-0.4, -0.2) is 61.9 Å².